The molecule has 0 radical (unpaired) electrons. The quantitative estimate of drug-likeness (QED) is 0.709. The van der Waals surface area contributed by atoms with Crippen molar-refractivity contribution in [1.82, 2.24) is 20.0 Å². The van der Waals surface area contributed by atoms with Crippen LogP contribution in [-0.2, 0) is 4.79 Å². The van der Waals surface area contributed by atoms with E-state index in [0.717, 1.165) is 40.7 Å². The lowest BCUT2D eigenvalue weighted by molar-refractivity contribution is -0.122. The minimum Gasteiger partial charge on any atom is -0.348 e. The van der Waals surface area contributed by atoms with Crippen LogP contribution in [0.2, 0.25) is 0 Å². The third-order valence-corrected chi connectivity index (χ3v) is 5.17. The Labute approximate surface area is 152 Å². The van der Waals surface area contributed by atoms with Gasteiger partial charge in [-0.3, -0.25) is 4.79 Å². The van der Waals surface area contributed by atoms with E-state index >= 15 is 0 Å². The van der Waals surface area contributed by atoms with Gasteiger partial charge in [-0.15, -0.1) is 0 Å². The molecule has 6 nitrogen and oxygen atoms in total. The van der Waals surface area contributed by atoms with Crippen LogP contribution >= 0.6 is 0 Å². The molecule has 1 aliphatic rings. The van der Waals surface area contributed by atoms with E-state index in [-0.39, 0.29) is 17.9 Å². The number of benzene rings is 1. The van der Waals surface area contributed by atoms with Gasteiger partial charge in [-0.25, -0.2) is 14.6 Å². The summed E-state index contributed by atoms with van der Waals surface area (Å²) in [6.07, 6.45) is 1.95. The summed E-state index contributed by atoms with van der Waals surface area (Å²) in [4.78, 5) is 21.8. The van der Waals surface area contributed by atoms with Gasteiger partial charge in [0, 0.05) is 22.6 Å². The monoisotopic (exact) mass is 349 g/mol. The first kappa shape index (κ1) is 16.6. The van der Waals surface area contributed by atoms with Gasteiger partial charge in [-0.2, -0.15) is 0 Å². The van der Waals surface area contributed by atoms with Crippen LogP contribution in [0.25, 0.3) is 22.4 Å². The Morgan fingerprint density at radius 3 is 2.58 bits per heavy atom. The van der Waals surface area contributed by atoms with E-state index in [9.17, 15) is 4.79 Å². The third-order valence-electron chi connectivity index (χ3n) is 5.17. The van der Waals surface area contributed by atoms with Gasteiger partial charge in [-0.05, 0) is 39.2 Å². The lowest BCUT2D eigenvalue weighted by Crippen LogP contribution is -2.28. The van der Waals surface area contributed by atoms with Crippen LogP contribution in [0.4, 0.5) is 0 Å². The van der Waals surface area contributed by atoms with Crippen molar-refractivity contribution < 1.29 is 4.79 Å². The molecule has 0 spiro atoms. The molecule has 4 rings (SSSR count). The average Bonchev–Trinajstić information content (AvgIpc) is 3.48. The molecule has 0 aliphatic heterocycles. The lowest BCUT2D eigenvalue weighted by atomic mass is 10.1. The Hall–Kier alpha value is -2.89. The Bertz CT molecular complexity index is 989. The summed E-state index contributed by atoms with van der Waals surface area (Å²) < 4.78 is 1.61. The van der Waals surface area contributed by atoms with Gasteiger partial charge in [0.05, 0.1) is 11.7 Å². The molecular weight excluding hydrogens is 326 g/mol. The van der Waals surface area contributed by atoms with Crippen molar-refractivity contribution in [1.29, 1.82) is 0 Å². The Morgan fingerprint density at radius 2 is 1.92 bits per heavy atom. The number of nitrogens with zero attached hydrogens (tertiary/aromatic N) is 3. The summed E-state index contributed by atoms with van der Waals surface area (Å²) in [5.74, 6) is 7.13. The van der Waals surface area contributed by atoms with Gasteiger partial charge in [-0.1, -0.05) is 30.3 Å². The third kappa shape index (κ3) is 2.71. The number of amides is 1. The topological polar surface area (TPSA) is 85.8 Å². The molecule has 1 atom stereocenters. The van der Waals surface area contributed by atoms with Crippen LogP contribution in [0.1, 0.15) is 42.8 Å². The number of hydrogen-bond acceptors (Lipinski definition) is 4. The first-order valence-electron chi connectivity index (χ1n) is 8.97. The highest BCUT2D eigenvalue weighted by Gasteiger charge is 2.31. The first-order chi connectivity index (χ1) is 12.5. The molecule has 1 saturated carbocycles. The number of aromatic nitrogens is 3. The number of rotatable bonds is 4. The van der Waals surface area contributed by atoms with Crippen molar-refractivity contribution in [3.8, 4) is 11.4 Å². The van der Waals surface area contributed by atoms with Gasteiger partial charge in [0.25, 0.3) is 0 Å². The van der Waals surface area contributed by atoms with Crippen molar-refractivity contribution in [2.24, 2.45) is 5.92 Å². The fraction of sp³-hybridized carbons (Fsp3) is 0.350. The number of nitrogen functional groups attached to an aromatic ring is 1. The zero-order valence-corrected chi connectivity index (χ0v) is 15.3. The summed E-state index contributed by atoms with van der Waals surface area (Å²) in [6, 6.07) is 9.61. The van der Waals surface area contributed by atoms with Gasteiger partial charge in [0.1, 0.15) is 0 Å². The predicted octanol–water partition coefficient (Wildman–Crippen LogP) is 3.02. The number of fused-ring (bicyclic) bond motifs is 1. The van der Waals surface area contributed by atoms with E-state index in [2.05, 4.69) is 5.32 Å². The summed E-state index contributed by atoms with van der Waals surface area (Å²) >= 11 is 0. The molecule has 26 heavy (non-hydrogen) atoms. The molecule has 1 fully saturated rings. The van der Waals surface area contributed by atoms with E-state index < -0.39 is 0 Å². The number of nitrogens with two attached hydrogens (primary N) is 1. The number of aryl methyl sites for hydroxylation is 1. The van der Waals surface area contributed by atoms with Gasteiger partial charge < -0.3 is 11.2 Å². The molecule has 6 heteroatoms. The molecule has 1 aliphatic carbocycles. The Kier molecular flexibility index (Phi) is 3.90. The maximum absolute atomic E-state index is 12.3. The molecule has 2 aromatic heterocycles. The van der Waals surface area contributed by atoms with Gasteiger partial charge in [0.15, 0.2) is 11.5 Å². The number of hydrogen-bond donors (Lipinski definition) is 2. The molecule has 0 saturated heterocycles. The van der Waals surface area contributed by atoms with Crippen LogP contribution < -0.4 is 11.2 Å². The van der Waals surface area contributed by atoms with E-state index in [4.69, 9.17) is 15.8 Å². The zero-order valence-electron chi connectivity index (χ0n) is 15.3. The molecule has 3 aromatic rings. The van der Waals surface area contributed by atoms with Crippen LogP contribution in [0, 0.1) is 19.8 Å². The predicted molar refractivity (Wildman–Crippen MR) is 102 cm³/mol. The van der Waals surface area contributed by atoms with E-state index in [1.165, 1.54) is 0 Å². The van der Waals surface area contributed by atoms with Crippen molar-refractivity contribution in [2.75, 3.05) is 5.84 Å². The number of nitrogens with one attached hydrogen (secondary N) is 1. The Morgan fingerprint density at radius 1 is 1.23 bits per heavy atom. The average molecular weight is 349 g/mol. The van der Waals surface area contributed by atoms with Crippen LogP contribution in [0.3, 0.4) is 0 Å². The number of carbonyl (C=O) groups is 1. The molecule has 1 aromatic carbocycles. The normalized spacial score (nSPS) is 15.2. The van der Waals surface area contributed by atoms with Crippen molar-refractivity contribution in [2.45, 2.75) is 39.7 Å². The molecule has 2 heterocycles. The molecule has 134 valence electrons. The highest BCUT2D eigenvalue weighted by molar-refractivity contribution is 5.87. The molecule has 1 amide bonds. The fourth-order valence-electron chi connectivity index (χ4n) is 3.30. The maximum Gasteiger partial charge on any atom is 0.223 e. The second-order valence-corrected chi connectivity index (χ2v) is 7.08. The highest BCUT2D eigenvalue weighted by Crippen LogP contribution is 2.33. The van der Waals surface area contributed by atoms with Crippen molar-refractivity contribution >= 4 is 16.9 Å². The van der Waals surface area contributed by atoms with E-state index in [1.807, 2.05) is 51.1 Å². The number of carbonyl (C=O) groups excluding carboxylic acids is 1. The summed E-state index contributed by atoms with van der Waals surface area (Å²) in [6.45, 7) is 5.96. The molecule has 1 unspecified atom stereocenters. The van der Waals surface area contributed by atoms with Crippen molar-refractivity contribution in [3.05, 3.63) is 47.3 Å². The minimum atomic E-state index is -0.212. The summed E-state index contributed by atoms with van der Waals surface area (Å²) in [5.41, 5.74) is 4.42. The molecule has 0 bridgehead atoms. The second kappa shape index (κ2) is 6.12. The van der Waals surface area contributed by atoms with Gasteiger partial charge in [0.2, 0.25) is 5.91 Å². The molecule has 3 N–H and O–H groups in total. The zero-order chi connectivity index (χ0) is 18.4. The standard InChI is InChI=1S/C20H23N5O/c1-11-13(3)25(21)19-16(11)17(12(2)22-20(26)15-9-10-15)23-18(24-19)14-7-5-4-6-8-14/h4-8,12,15H,9-10,21H2,1-3H3,(H,22,26). The van der Waals surface area contributed by atoms with Gasteiger partial charge >= 0.3 is 0 Å². The Balaban J connectivity index is 1.88. The minimum absolute atomic E-state index is 0.104. The fourth-order valence-corrected chi connectivity index (χ4v) is 3.30. The van der Waals surface area contributed by atoms with Crippen LogP contribution in [0.5, 0.6) is 0 Å². The maximum atomic E-state index is 12.3. The van der Waals surface area contributed by atoms with E-state index in [1.54, 1.807) is 4.68 Å². The van der Waals surface area contributed by atoms with Crippen LogP contribution in [0.15, 0.2) is 30.3 Å². The summed E-state index contributed by atoms with van der Waals surface area (Å²) in [5, 5.41) is 4.03. The first-order valence-corrected chi connectivity index (χ1v) is 8.97. The van der Waals surface area contributed by atoms with Crippen molar-refractivity contribution in [3.63, 3.8) is 0 Å². The second-order valence-electron chi connectivity index (χ2n) is 7.08. The van der Waals surface area contributed by atoms with E-state index in [0.29, 0.717) is 11.5 Å². The lowest BCUT2D eigenvalue weighted by Gasteiger charge is -2.16. The van der Waals surface area contributed by atoms with Crippen LogP contribution in [-0.4, -0.2) is 20.6 Å². The SMILES string of the molecule is Cc1c(C)n(N)c2nc(-c3ccccc3)nc(C(C)NC(=O)C3CC3)c12. The molecular formula is C20H23N5O. The smallest absolute Gasteiger partial charge is 0.223 e. The largest absolute Gasteiger partial charge is 0.348 e. The highest BCUT2D eigenvalue weighted by atomic mass is 16.2. The summed E-state index contributed by atoms with van der Waals surface area (Å²) in [7, 11) is 0.